The van der Waals surface area contributed by atoms with Gasteiger partial charge in [0.25, 0.3) is 0 Å². The van der Waals surface area contributed by atoms with Crippen LogP contribution in [0.15, 0.2) is 18.5 Å². The Morgan fingerprint density at radius 3 is 2.70 bits per heavy atom. The van der Waals surface area contributed by atoms with Gasteiger partial charge >= 0.3 is 0 Å². The molecular formula is C15H23N7O. The Morgan fingerprint density at radius 2 is 2.00 bits per heavy atom. The topological polar surface area (TPSA) is 92.7 Å². The fourth-order valence-corrected chi connectivity index (χ4v) is 2.89. The van der Waals surface area contributed by atoms with Gasteiger partial charge < -0.3 is 15.5 Å². The number of piperazine rings is 1. The first-order valence-corrected chi connectivity index (χ1v) is 8.01. The lowest BCUT2D eigenvalue weighted by Gasteiger charge is -2.36. The first kappa shape index (κ1) is 15.7. The Bertz CT molecular complexity index is 675. The molecule has 2 N–H and O–H groups in total. The van der Waals surface area contributed by atoms with Crippen LogP contribution in [0, 0.1) is 5.92 Å². The van der Waals surface area contributed by atoms with Gasteiger partial charge in [0.2, 0.25) is 5.91 Å². The van der Waals surface area contributed by atoms with E-state index < -0.39 is 6.04 Å². The highest BCUT2D eigenvalue weighted by atomic mass is 16.2. The largest absolute Gasteiger partial charge is 0.352 e. The summed E-state index contributed by atoms with van der Waals surface area (Å²) in [6, 6.07) is 3.44. The highest BCUT2D eigenvalue weighted by molar-refractivity contribution is 5.81. The molecule has 124 valence electrons. The fraction of sp³-hybridized carbons (Fsp3) is 0.600. The van der Waals surface area contributed by atoms with E-state index in [4.69, 9.17) is 5.73 Å². The number of hydrogen-bond acceptors (Lipinski definition) is 6. The van der Waals surface area contributed by atoms with Crippen molar-refractivity contribution in [3.63, 3.8) is 0 Å². The molecule has 2 aromatic rings. The second-order valence-electron chi connectivity index (χ2n) is 6.37. The fourth-order valence-electron chi connectivity index (χ4n) is 2.89. The van der Waals surface area contributed by atoms with Crippen molar-refractivity contribution in [2.24, 2.45) is 11.7 Å². The zero-order valence-electron chi connectivity index (χ0n) is 13.6. The number of nitrogens with two attached hydrogens (primary N) is 1. The Kier molecular flexibility index (Phi) is 4.42. The summed E-state index contributed by atoms with van der Waals surface area (Å²) in [5, 5.41) is 12.3. The van der Waals surface area contributed by atoms with E-state index >= 15 is 0 Å². The maximum Gasteiger partial charge on any atom is 0.239 e. The van der Waals surface area contributed by atoms with Gasteiger partial charge in [0.1, 0.15) is 12.1 Å². The number of carbonyl (C=O) groups excluding carboxylic acids is 1. The molecule has 1 aliphatic heterocycles. The summed E-state index contributed by atoms with van der Waals surface area (Å²) in [5.74, 6) is 1.35. The molecule has 0 aromatic carbocycles. The van der Waals surface area contributed by atoms with Gasteiger partial charge in [0, 0.05) is 26.2 Å². The minimum absolute atomic E-state index is 0.0561. The van der Waals surface area contributed by atoms with E-state index in [1.807, 2.05) is 17.0 Å². The Morgan fingerprint density at radius 1 is 1.26 bits per heavy atom. The van der Waals surface area contributed by atoms with Gasteiger partial charge in [-0.3, -0.25) is 4.79 Å². The molecule has 1 fully saturated rings. The predicted octanol–water partition coefficient (Wildman–Crippen LogP) is 0.146. The van der Waals surface area contributed by atoms with Crippen LogP contribution in [0.2, 0.25) is 0 Å². The molecule has 0 bridgehead atoms. The molecule has 0 aliphatic carbocycles. The van der Waals surface area contributed by atoms with Crippen LogP contribution in [-0.2, 0) is 4.79 Å². The zero-order valence-corrected chi connectivity index (χ0v) is 13.6. The molecule has 0 saturated carbocycles. The van der Waals surface area contributed by atoms with Gasteiger partial charge in [-0.15, -0.1) is 15.3 Å². The van der Waals surface area contributed by atoms with E-state index in [1.165, 1.54) is 0 Å². The van der Waals surface area contributed by atoms with E-state index in [2.05, 4.69) is 34.0 Å². The molecule has 23 heavy (non-hydrogen) atoms. The SMILES string of the molecule is CC(C)C[C@H](N)C(=O)N1CCN(c2ccc3nncn3n2)CC1. The first-order valence-electron chi connectivity index (χ1n) is 8.01. The lowest BCUT2D eigenvalue weighted by atomic mass is 10.0. The van der Waals surface area contributed by atoms with Crippen LogP contribution < -0.4 is 10.6 Å². The lowest BCUT2D eigenvalue weighted by Crippen LogP contribution is -2.53. The van der Waals surface area contributed by atoms with Gasteiger partial charge in [-0.1, -0.05) is 13.8 Å². The number of rotatable bonds is 4. The third-order valence-corrected chi connectivity index (χ3v) is 4.11. The van der Waals surface area contributed by atoms with Crippen LogP contribution in [0.3, 0.4) is 0 Å². The van der Waals surface area contributed by atoms with E-state index in [0.717, 1.165) is 31.0 Å². The number of hydrogen-bond donors (Lipinski definition) is 1. The molecule has 3 heterocycles. The van der Waals surface area contributed by atoms with Crippen molar-refractivity contribution < 1.29 is 4.79 Å². The molecule has 3 rings (SSSR count). The Labute approximate surface area is 135 Å². The standard InChI is InChI=1S/C15H23N7O/c1-11(2)9-12(16)15(23)21-7-5-20(6-8-21)14-4-3-13-18-17-10-22(13)19-14/h3-4,10-12H,5-9,16H2,1-2H3/t12-/m0/s1. The average molecular weight is 317 g/mol. The monoisotopic (exact) mass is 317 g/mol. The average Bonchev–Trinajstić information content (AvgIpc) is 3.01. The lowest BCUT2D eigenvalue weighted by molar-refractivity contribution is -0.133. The van der Waals surface area contributed by atoms with Crippen molar-refractivity contribution in [1.29, 1.82) is 0 Å². The third-order valence-electron chi connectivity index (χ3n) is 4.11. The maximum absolute atomic E-state index is 12.4. The molecule has 2 aromatic heterocycles. The molecule has 1 aliphatic rings. The Balaban J connectivity index is 1.60. The number of anilines is 1. The van der Waals surface area contributed by atoms with Gasteiger partial charge in [-0.05, 0) is 24.5 Å². The third kappa shape index (κ3) is 3.42. The highest BCUT2D eigenvalue weighted by Gasteiger charge is 2.26. The molecular weight excluding hydrogens is 294 g/mol. The Hall–Kier alpha value is -2.22. The second kappa shape index (κ2) is 6.49. The van der Waals surface area contributed by atoms with Crippen molar-refractivity contribution >= 4 is 17.4 Å². The number of amides is 1. The number of fused-ring (bicyclic) bond motifs is 1. The van der Waals surface area contributed by atoms with E-state index in [0.29, 0.717) is 19.0 Å². The summed E-state index contributed by atoms with van der Waals surface area (Å²) in [4.78, 5) is 16.4. The molecule has 0 radical (unpaired) electrons. The van der Waals surface area contributed by atoms with Gasteiger partial charge in [-0.25, -0.2) is 0 Å². The second-order valence-corrected chi connectivity index (χ2v) is 6.37. The van der Waals surface area contributed by atoms with E-state index in [1.54, 1.807) is 10.8 Å². The summed E-state index contributed by atoms with van der Waals surface area (Å²) in [6.07, 6.45) is 2.31. The summed E-state index contributed by atoms with van der Waals surface area (Å²) in [7, 11) is 0. The minimum atomic E-state index is -0.395. The number of carbonyl (C=O) groups is 1. The highest BCUT2D eigenvalue weighted by Crippen LogP contribution is 2.15. The van der Waals surface area contributed by atoms with Crippen molar-refractivity contribution in [1.82, 2.24) is 24.7 Å². The molecule has 1 amide bonds. The van der Waals surface area contributed by atoms with Crippen LogP contribution in [0.4, 0.5) is 5.82 Å². The number of aromatic nitrogens is 4. The maximum atomic E-state index is 12.4. The molecule has 0 unspecified atom stereocenters. The van der Waals surface area contributed by atoms with Crippen LogP contribution >= 0.6 is 0 Å². The molecule has 8 nitrogen and oxygen atoms in total. The van der Waals surface area contributed by atoms with Crippen molar-refractivity contribution in [3.8, 4) is 0 Å². The summed E-state index contributed by atoms with van der Waals surface area (Å²) < 4.78 is 1.66. The van der Waals surface area contributed by atoms with Crippen LogP contribution in [0.1, 0.15) is 20.3 Å². The smallest absolute Gasteiger partial charge is 0.239 e. The van der Waals surface area contributed by atoms with E-state index in [-0.39, 0.29) is 5.91 Å². The normalized spacial score (nSPS) is 17.0. The molecule has 1 saturated heterocycles. The molecule has 1 atom stereocenters. The first-order chi connectivity index (χ1) is 11.0. The summed E-state index contributed by atoms with van der Waals surface area (Å²) in [5.41, 5.74) is 6.74. The predicted molar refractivity (Wildman–Crippen MR) is 87.0 cm³/mol. The van der Waals surface area contributed by atoms with Crippen LogP contribution in [-0.4, -0.2) is 62.8 Å². The van der Waals surface area contributed by atoms with Crippen LogP contribution in [0.25, 0.3) is 5.65 Å². The molecule has 0 spiro atoms. The molecule has 8 heteroatoms. The van der Waals surface area contributed by atoms with Crippen molar-refractivity contribution in [3.05, 3.63) is 18.5 Å². The van der Waals surface area contributed by atoms with Crippen molar-refractivity contribution in [2.75, 3.05) is 31.1 Å². The van der Waals surface area contributed by atoms with Gasteiger partial charge in [0.05, 0.1) is 6.04 Å². The van der Waals surface area contributed by atoms with Crippen molar-refractivity contribution in [2.45, 2.75) is 26.3 Å². The van der Waals surface area contributed by atoms with Gasteiger partial charge in [-0.2, -0.15) is 4.52 Å². The van der Waals surface area contributed by atoms with Gasteiger partial charge in [0.15, 0.2) is 5.65 Å². The summed E-state index contributed by atoms with van der Waals surface area (Å²) in [6.45, 7) is 7.01. The zero-order chi connectivity index (χ0) is 16.4. The van der Waals surface area contributed by atoms with Crippen LogP contribution in [0.5, 0.6) is 0 Å². The van der Waals surface area contributed by atoms with E-state index in [9.17, 15) is 4.79 Å². The summed E-state index contributed by atoms with van der Waals surface area (Å²) >= 11 is 0. The minimum Gasteiger partial charge on any atom is -0.352 e. The quantitative estimate of drug-likeness (QED) is 0.862. The number of nitrogens with zero attached hydrogens (tertiary/aromatic N) is 6.